The molecule has 0 aromatic heterocycles. The zero-order valence-electron chi connectivity index (χ0n) is 22.6. The van der Waals surface area contributed by atoms with Crippen LogP contribution < -0.4 is 9.62 Å². The van der Waals surface area contributed by atoms with E-state index in [1.165, 1.54) is 29.2 Å². The summed E-state index contributed by atoms with van der Waals surface area (Å²) in [4.78, 5) is 28.5. The zero-order valence-corrected chi connectivity index (χ0v) is 23.4. The Bertz CT molecular complexity index is 1320. The monoisotopic (exact) mass is 553 g/mol. The van der Waals surface area contributed by atoms with Crippen molar-refractivity contribution >= 4 is 27.5 Å². The number of amides is 2. The van der Waals surface area contributed by atoms with Crippen molar-refractivity contribution in [2.24, 2.45) is 5.92 Å². The number of nitrogens with zero attached hydrogens (tertiary/aromatic N) is 2. The predicted molar refractivity (Wildman–Crippen MR) is 151 cm³/mol. The van der Waals surface area contributed by atoms with Gasteiger partial charge in [0, 0.05) is 13.1 Å². The van der Waals surface area contributed by atoms with Gasteiger partial charge in [0.15, 0.2) is 0 Å². The number of anilines is 1. The van der Waals surface area contributed by atoms with E-state index in [0.717, 1.165) is 22.0 Å². The lowest BCUT2D eigenvalue weighted by Gasteiger charge is -2.33. The molecule has 7 nitrogen and oxygen atoms in total. The van der Waals surface area contributed by atoms with Gasteiger partial charge in [-0.15, -0.1) is 0 Å². The lowest BCUT2D eigenvalue weighted by atomic mass is 10.1. The molecule has 0 saturated carbocycles. The van der Waals surface area contributed by atoms with Crippen LogP contribution in [0.3, 0.4) is 0 Å². The Labute approximate surface area is 230 Å². The molecule has 9 heteroatoms. The normalized spacial score (nSPS) is 12.1. The fourth-order valence-electron chi connectivity index (χ4n) is 4.17. The molecule has 0 radical (unpaired) electrons. The third kappa shape index (κ3) is 8.13. The second-order valence-electron chi connectivity index (χ2n) is 9.69. The number of carbonyl (C=O) groups excluding carboxylic acids is 2. The van der Waals surface area contributed by atoms with Gasteiger partial charge in [-0.05, 0) is 60.7 Å². The fraction of sp³-hybridized carbons (Fsp3) is 0.333. The van der Waals surface area contributed by atoms with Crippen LogP contribution in [0, 0.1) is 11.7 Å². The number of carbonyl (C=O) groups is 2. The summed E-state index contributed by atoms with van der Waals surface area (Å²) < 4.78 is 42.1. The van der Waals surface area contributed by atoms with Crippen LogP contribution in [0.1, 0.15) is 32.8 Å². The van der Waals surface area contributed by atoms with Gasteiger partial charge >= 0.3 is 0 Å². The standard InChI is InChI=1S/C30H36FN3O4S/c1-4-28(30(36)32-21-23(2)3)33(20-19-24-11-7-5-8-12-24)29(35)22-34(26-17-15-25(31)16-18-26)39(37,38)27-13-9-6-10-14-27/h5-18,23,28H,4,19-22H2,1-3H3,(H,32,36). The molecule has 1 unspecified atom stereocenters. The molecular weight excluding hydrogens is 517 g/mol. The van der Waals surface area contributed by atoms with Crippen LogP contribution in [0.15, 0.2) is 89.8 Å². The van der Waals surface area contributed by atoms with Crippen molar-refractivity contribution in [2.45, 2.75) is 44.6 Å². The minimum absolute atomic E-state index is 0.000298. The molecule has 2 amide bonds. The van der Waals surface area contributed by atoms with Gasteiger partial charge in [-0.25, -0.2) is 12.8 Å². The fourth-order valence-corrected chi connectivity index (χ4v) is 5.61. The summed E-state index contributed by atoms with van der Waals surface area (Å²) in [5.41, 5.74) is 1.13. The largest absolute Gasteiger partial charge is 0.354 e. The van der Waals surface area contributed by atoms with Gasteiger partial charge in [-0.1, -0.05) is 69.3 Å². The molecule has 1 atom stereocenters. The van der Waals surface area contributed by atoms with Gasteiger partial charge in [-0.2, -0.15) is 0 Å². The molecule has 3 aromatic rings. The summed E-state index contributed by atoms with van der Waals surface area (Å²) in [6.45, 7) is 5.91. The van der Waals surface area contributed by atoms with Crippen LogP contribution >= 0.6 is 0 Å². The Morgan fingerprint density at radius 1 is 0.897 bits per heavy atom. The first-order valence-corrected chi connectivity index (χ1v) is 14.5. The molecule has 0 fully saturated rings. The summed E-state index contributed by atoms with van der Waals surface area (Å²) in [6.07, 6.45) is 0.842. The summed E-state index contributed by atoms with van der Waals surface area (Å²) in [6, 6.07) is 21.5. The molecule has 0 bridgehead atoms. The summed E-state index contributed by atoms with van der Waals surface area (Å²) in [5.74, 6) is -1.11. The summed E-state index contributed by atoms with van der Waals surface area (Å²) in [5, 5.41) is 2.91. The lowest BCUT2D eigenvalue weighted by Crippen LogP contribution is -2.53. The molecule has 3 aromatic carbocycles. The average molecular weight is 554 g/mol. The van der Waals surface area contributed by atoms with Crippen LogP contribution in [0.25, 0.3) is 0 Å². The molecule has 3 rings (SSSR count). The van der Waals surface area contributed by atoms with E-state index in [4.69, 9.17) is 0 Å². The number of hydrogen-bond donors (Lipinski definition) is 1. The van der Waals surface area contributed by atoms with Crippen molar-refractivity contribution in [1.29, 1.82) is 0 Å². The van der Waals surface area contributed by atoms with E-state index < -0.39 is 34.3 Å². The molecular formula is C30H36FN3O4S. The number of rotatable bonds is 13. The van der Waals surface area contributed by atoms with Gasteiger partial charge in [0.05, 0.1) is 10.6 Å². The highest BCUT2D eigenvalue weighted by Gasteiger charge is 2.33. The maximum absolute atomic E-state index is 13.9. The summed E-state index contributed by atoms with van der Waals surface area (Å²) >= 11 is 0. The van der Waals surface area contributed by atoms with Crippen LogP contribution in [0.4, 0.5) is 10.1 Å². The molecule has 0 aliphatic carbocycles. The van der Waals surface area contributed by atoms with Crippen molar-refractivity contribution in [3.05, 3.63) is 96.3 Å². The molecule has 208 valence electrons. The number of nitrogens with one attached hydrogen (secondary N) is 1. The lowest BCUT2D eigenvalue weighted by molar-refractivity contribution is -0.139. The third-order valence-electron chi connectivity index (χ3n) is 6.28. The van der Waals surface area contributed by atoms with Crippen molar-refractivity contribution in [2.75, 3.05) is 23.9 Å². The minimum atomic E-state index is -4.17. The average Bonchev–Trinajstić information content (AvgIpc) is 2.94. The van der Waals surface area contributed by atoms with Crippen molar-refractivity contribution in [3.8, 4) is 0 Å². The molecule has 0 aliphatic heterocycles. The van der Waals surface area contributed by atoms with E-state index in [2.05, 4.69) is 5.32 Å². The Kier molecular flexibility index (Phi) is 10.6. The highest BCUT2D eigenvalue weighted by molar-refractivity contribution is 7.92. The SMILES string of the molecule is CCC(C(=O)NCC(C)C)N(CCc1ccccc1)C(=O)CN(c1ccc(F)cc1)S(=O)(=O)c1ccccc1. The Morgan fingerprint density at radius 2 is 1.49 bits per heavy atom. The maximum Gasteiger partial charge on any atom is 0.264 e. The van der Waals surface area contributed by atoms with Crippen LogP contribution in [0.2, 0.25) is 0 Å². The second-order valence-corrected chi connectivity index (χ2v) is 11.5. The van der Waals surface area contributed by atoms with Gasteiger partial charge in [0.25, 0.3) is 10.0 Å². The van der Waals surface area contributed by atoms with Crippen LogP contribution in [0.5, 0.6) is 0 Å². The van der Waals surface area contributed by atoms with E-state index in [1.807, 2.05) is 51.1 Å². The van der Waals surface area contributed by atoms with E-state index in [0.29, 0.717) is 19.4 Å². The van der Waals surface area contributed by atoms with Crippen molar-refractivity contribution < 1.29 is 22.4 Å². The van der Waals surface area contributed by atoms with Crippen molar-refractivity contribution in [3.63, 3.8) is 0 Å². The quantitative estimate of drug-likeness (QED) is 0.334. The number of sulfonamides is 1. The number of halogens is 1. The van der Waals surface area contributed by atoms with Crippen LogP contribution in [-0.2, 0) is 26.0 Å². The Hall–Kier alpha value is -3.72. The number of benzene rings is 3. The van der Waals surface area contributed by atoms with Gasteiger partial charge in [0.2, 0.25) is 11.8 Å². The zero-order chi connectivity index (χ0) is 28.4. The summed E-state index contributed by atoms with van der Waals surface area (Å²) in [7, 11) is -4.17. The smallest absolute Gasteiger partial charge is 0.264 e. The first-order chi connectivity index (χ1) is 18.6. The minimum Gasteiger partial charge on any atom is -0.354 e. The van der Waals surface area contributed by atoms with E-state index >= 15 is 0 Å². The molecule has 0 heterocycles. The highest BCUT2D eigenvalue weighted by Crippen LogP contribution is 2.24. The molecule has 1 N–H and O–H groups in total. The first-order valence-electron chi connectivity index (χ1n) is 13.1. The predicted octanol–water partition coefficient (Wildman–Crippen LogP) is 4.64. The first kappa shape index (κ1) is 29.8. The second kappa shape index (κ2) is 13.9. The van der Waals surface area contributed by atoms with Gasteiger partial charge < -0.3 is 10.2 Å². The molecule has 0 spiro atoms. The Morgan fingerprint density at radius 3 is 2.05 bits per heavy atom. The molecule has 0 saturated heterocycles. The maximum atomic E-state index is 13.9. The Balaban J connectivity index is 1.97. The third-order valence-corrected chi connectivity index (χ3v) is 8.07. The van der Waals surface area contributed by atoms with Crippen molar-refractivity contribution in [1.82, 2.24) is 10.2 Å². The van der Waals surface area contributed by atoms with E-state index in [1.54, 1.807) is 18.2 Å². The van der Waals surface area contributed by atoms with Crippen LogP contribution in [-0.4, -0.2) is 50.8 Å². The number of hydrogen-bond acceptors (Lipinski definition) is 4. The van der Waals surface area contributed by atoms with Gasteiger partial charge in [0.1, 0.15) is 18.4 Å². The molecule has 39 heavy (non-hydrogen) atoms. The topological polar surface area (TPSA) is 86.8 Å². The van der Waals surface area contributed by atoms with Gasteiger partial charge in [-0.3, -0.25) is 13.9 Å². The van der Waals surface area contributed by atoms with E-state index in [-0.39, 0.29) is 29.0 Å². The molecule has 0 aliphatic rings. The highest BCUT2D eigenvalue weighted by atomic mass is 32.2. The van der Waals surface area contributed by atoms with E-state index in [9.17, 15) is 22.4 Å².